The van der Waals surface area contributed by atoms with Crippen LogP contribution in [0.2, 0.25) is 0 Å². The minimum Gasteiger partial charge on any atom is -0.434 e. The molecule has 0 unspecified atom stereocenters. The predicted molar refractivity (Wildman–Crippen MR) is 134 cm³/mol. The van der Waals surface area contributed by atoms with Crippen LogP contribution in [-0.4, -0.2) is 90.1 Å². The second-order valence-electron chi connectivity index (χ2n) is 9.78. The van der Waals surface area contributed by atoms with E-state index in [2.05, 4.69) is 10.6 Å². The fourth-order valence-electron chi connectivity index (χ4n) is 3.38. The molecule has 1 rings (SSSR count). The molecule has 2 amide bonds. The number of amides is 2. The van der Waals surface area contributed by atoms with Gasteiger partial charge in [0.05, 0.1) is 13.2 Å². The average Bonchev–Trinajstić information content (AvgIpc) is 2.96. The van der Waals surface area contributed by atoms with Crippen LogP contribution in [0.1, 0.15) is 67.2 Å². The van der Waals surface area contributed by atoms with Crippen LogP contribution in [0.3, 0.4) is 0 Å². The first kappa shape index (κ1) is 33.8. The van der Waals surface area contributed by atoms with Crippen molar-refractivity contribution < 1.29 is 43.9 Å². The van der Waals surface area contributed by atoms with Crippen molar-refractivity contribution in [3.63, 3.8) is 0 Å². The Balaban J connectivity index is 0.0000122. The number of methoxy groups -OCH3 is 1. The summed E-state index contributed by atoms with van der Waals surface area (Å²) in [5, 5.41) is 36.0. The van der Waals surface area contributed by atoms with Gasteiger partial charge in [0.25, 0.3) is 5.91 Å². The lowest BCUT2D eigenvalue weighted by Crippen LogP contribution is -2.55. The second kappa shape index (κ2) is 16.5. The van der Waals surface area contributed by atoms with Gasteiger partial charge in [-0.15, -0.1) is 0 Å². The molecule has 0 aliphatic carbocycles. The Morgan fingerprint density at radius 1 is 1.17 bits per heavy atom. The van der Waals surface area contributed by atoms with E-state index in [-0.39, 0.29) is 38.8 Å². The van der Waals surface area contributed by atoms with Crippen LogP contribution in [0.5, 0.6) is 0 Å². The Bertz CT molecular complexity index is 708. The molecule has 0 spiro atoms. The number of carbonyl (C=O) groups excluding carboxylic acids is 3. The molecule has 11 heteroatoms. The summed E-state index contributed by atoms with van der Waals surface area (Å²) in [6.07, 6.45) is -1.72. The molecule has 0 aromatic rings. The third kappa shape index (κ3) is 12.2. The SMILES string of the molecule is C.CCCCCOC(=O)O[C@@H]1CC[C@H](NC(=O)[C@H](OC)[C@H](O)[C@@H](O)[C@H](O)/C=C/C(C)(C)C)C(=O)NC1. The van der Waals surface area contributed by atoms with Gasteiger partial charge in [0.2, 0.25) is 5.91 Å². The van der Waals surface area contributed by atoms with Crippen LogP contribution in [0.25, 0.3) is 0 Å². The zero-order valence-electron chi connectivity index (χ0n) is 21.4. The van der Waals surface area contributed by atoms with Crippen molar-refractivity contribution in [2.24, 2.45) is 5.41 Å². The van der Waals surface area contributed by atoms with E-state index >= 15 is 0 Å². The van der Waals surface area contributed by atoms with Crippen LogP contribution in [0.4, 0.5) is 4.79 Å². The van der Waals surface area contributed by atoms with Gasteiger partial charge in [0.15, 0.2) is 6.10 Å². The molecule has 1 saturated heterocycles. The largest absolute Gasteiger partial charge is 0.508 e. The molecule has 36 heavy (non-hydrogen) atoms. The highest BCUT2D eigenvalue weighted by atomic mass is 16.7. The molecule has 0 aromatic carbocycles. The summed E-state index contributed by atoms with van der Waals surface area (Å²) >= 11 is 0. The van der Waals surface area contributed by atoms with Gasteiger partial charge in [-0.2, -0.15) is 0 Å². The first-order chi connectivity index (χ1) is 16.4. The fraction of sp³-hybridized carbons (Fsp3) is 0.800. The van der Waals surface area contributed by atoms with Crippen LogP contribution in [-0.2, 0) is 23.8 Å². The van der Waals surface area contributed by atoms with E-state index < -0.39 is 54.5 Å². The highest BCUT2D eigenvalue weighted by molar-refractivity contribution is 5.89. The molecule has 5 N–H and O–H groups in total. The van der Waals surface area contributed by atoms with Crippen molar-refractivity contribution in [1.29, 1.82) is 0 Å². The smallest absolute Gasteiger partial charge is 0.434 e. The number of allylic oxidation sites excluding steroid dienone is 1. The number of unbranched alkanes of at least 4 members (excludes halogenated alkanes) is 2. The van der Waals surface area contributed by atoms with Gasteiger partial charge in [-0.3, -0.25) is 9.59 Å². The van der Waals surface area contributed by atoms with Crippen molar-refractivity contribution in [2.45, 2.75) is 104 Å². The van der Waals surface area contributed by atoms with Crippen LogP contribution in [0, 0.1) is 5.41 Å². The third-order valence-electron chi connectivity index (χ3n) is 5.46. The Morgan fingerprint density at radius 2 is 1.83 bits per heavy atom. The number of hydrogen-bond donors (Lipinski definition) is 5. The van der Waals surface area contributed by atoms with E-state index in [9.17, 15) is 29.7 Å². The third-order valence-corrected chi connectivity index (χ3v) is 5.46. The predicted octanol–water partition coefficient (Wildman–Crippen LogP) is 1.43. The molecule has 1 heterocycles. The molecule has 0 aromatic heterocycles. The molecular formula is C25H46N2O9. The molecule has 1 aliphatic heterocycles. The van der Waals surface area contributed by atoms with E-state index in [0.717, 1.165) is 19.3 Å². The summed E-state index contributed by atoms with van der Waals surface area (Å²) < 4.78 is 15.3. The summed E-state index contributed by atoms with van der Waals surface area (Å²) in [4.78, 5) is 37.0. The minimum atomic E-state index is -1.76. The molecule has 6 atom stereocenters. The number of aliphatic hydroxyl groups is 3. The Morgan fingerprint density at radius 3 is 2.42 bits per heavy atom. The number of ether oxygens (including phenoxy) is 3. The van der Waals surface area contributed by atoms with E-state index in [1.165, 1.54) is 13.2 Å². The number of hydrogen-bond acceptors (Lipinski definition) is 9. The van der Waals surface area contributed by atoms with Gasteiger partial charge in [-0.05, 0) is 24.7 Å². The standard InChI is InChI=1S/C24H42N2O9.CH4/c1-6-7-8-13-34-23(32)35-15-9-10-16(21(30)25-14-15)26-22(31)20(33-5)19(29)18(28)17(27)11-12-24(2,3)4;/h11-12,15-20,27-29H,6-10,13-14H2,1-5H3,(H,25,30)(H,26,31);1H4/b12-11+;/t15-,16+,17-,18+,19-,20-;/m1./s1. The van der Waals surface area contributed by atoms with E-state index in [1.54, 1.807) is 6.08 Å². The van der Waals surface area contributed by atoms with Crippen molar-refractivity contribution in [2.75, 3.05) is 20.3 Å². The highest BCUT2D eigenvalue weighted by Gasteiger charge is 2.37. The van der Waals surface area contributed by atoms with Gasteiger partial charge in [0.1, 0.15) is 30.5 Å². The molecule has 0 bridgehead atoms. The minimum absolute atomic E-state index is 0. The van der Waals surface area contributed by atoms with Crippen molar-refractivity contribution >= 4 is 18.0 Å². The zero-order valence-corrected chi connectivity index (χ0v) is 21.4. The molecule has 210 valence electrons. The zero-order chi connectivity index (χ0) is 26.6. The lowest BCUT2D eigenvalue weighted by Gasteiger charge is -2.28. The maximum Gasteiger partial charge on any atom is 0.508 e. The maximum absolute atomic E-state index is 12.7. The summed E-state index contributed by atoms with van der Waals surface area (Å²) in [6.45, 7) is 8.06. The average molecular weight is 519 g/mol. The quantitative estimate of drug-likeness (QED) is 0.146. The van der Waals surface area contributed by atoms with Gasteiger partial charge in [0, 0.05) is 7.11 Å². The number of nitrogens with one attached hydrogen (secondary N) is 2. The van der Waals surface area contributed by atoms with Crippen molar-refractivity contribution in [3.8, 4) is 0 Å². The highest BCUT2D eigenvalue weighted by Crippen LogP contribution is 2.17. The molecule has 1 fully saturated rings. The number of rotatable bonds is 12. The molecule has 11 nitrogen and oxygen atoms in total. The Hall–Kier alpha value is -2.21. The maximum atomic E-state index is 12.7. The summed E-state index contributed by atoms with van der Waals surface area (Å²) in [5.41, 5.74) is -0.260. The lowest BCUT2D eigenvalue weighted by molar-refractivity contribution is -0.150. The lowest BCUT2D eigenvalue weighted by atomic mass is 9.94. The van der Waals surface area contributed by atoms with Gasteiger partial charge in [-0.25, -0.2) is 4.79 Å². The molecular weight excluding hydrogens is 472 g/mol. The van der Waals surface area contributed by atoms with E-state index in [0.29, 0.717) is 0 Å². The van der Waals surface area contributed by atoms with E-state index in [4.69, 9.17) is 14.2 Å². The number of carbonyl (C=O) groups is 3. The fourth-order valence-corrected chi connectivity index (χ4v) is 3.38. The summed E-state index contributed by atoms with van der Waals surface area (Å²) in [5.74, 6) is -1.32. The summed E-state index contributed by atoms with van der Waals surface area (Å²) in [6, 6.07) is -0.968. The summed E-state index contributed by atoms with van der Waals surface area (Å²) in [7, 11) is 1.17. The Labute approximate surface area is 214 Å². The van der Waals surface area contributed by atoms with Gasteiger partial charge < -0.3 is 40.2 Å². The molecule has 1 aliphatic rings. The van der Waals surface area contributed by atoms with Crippen LogP contribution < -0.4 is 10.6 Å². The van der Waals surface area contributed by atoms with E-state index in [1.807, 2.05) is 27.7 Å². The van der Waals surface area contributed by atoms with Crippen molar-refractivity contribution in [3.05, 3.63) is 12.2 Å². The van der Waals surface area contributed by atoms with Crippen molar-refractivity contribution in [1.82, 2.24) is 10.6 Å². The normalized spacial score (nSPS) is 21.8. The molecule has 0 saturated carbocycles. The first-order valence-electron chi connectivity index (χ1n) is 12.1. The first-order valence-corrected chi connectivity index (χ1v) is 12.1. The van der Waals surface area contributed by atoms with Crippen LogP contribution in [0.15, 0.2) is 12.2 Å². The van der Waals surface area contributed by atoms with Gasteiger partial charge >= 0.3 is 6.16 Å². The topological polar surface area (TPSA) is 164 Å². The van der Waals surface area contributed by atoms with Crippen LogP contribution >= 0.6 is 0 Å². The Kier molecular flexibility index (Phi) is 15.5. The van der Waals surface area contributed by atoms with Gasteiger partial charge in [-0.1, -0.05) is 60.1 Å². The number of aliphatic hydroxyl groups excluding tert-OH is 3. The monoisotopic (exact) mass is 518 g/mol. The molecule has 0 radical (unpaired) electrons. The second-order valence-corrected chi connectivity index (χ2v) is 9.78.